The van der Waals surface area contributed by atoms with Crippen LogP contribution in [0.1, 0.15) is 5.56 Å². The second-order valence-corrected chi connectivity index (χ2v) is 4.49. The molecule has 2 rings (SSSR count). The van der Waals surface area contributed by atoms with E-state index in [1.54, 1.807) is 0 Å². The second kappa shape index (κ2) is 6.02. The predicted molar refractivity (Wildman–Crippen MR) is 72.4 cm³/mol. The highest BCUT2D eigenvalue weighted by atomic mass is 35.5. The first-order chi connectivity index (χ1) is 9.92. The molecule has 8 heteroatoms. The van der Waals surface area contributed by atoms with Crippen molar-refractivity contribution >= 4 is 17.3 Å². The van der Waals surface area contributed by atoms with Gasteiger partial charge < -0.3 is 10.5 Å². The fourth-order valence-corrected chi connectivity index (χ4v) is 1.86. The van der Waals surface area contributed by atoms with Gasteiger partial charge in [0.05, 0.1) is 11.0 Å². The van der Waals surface area contributed by atoms with Gasteiger partial charge in [-0.3, -0.25) is 10.1 Å². The average Bonchev–Trinajstić information content (AvgIpc) is 2.43. The van der Waals surface area contributed by atoms with Crippen LogP contribution >= 0.6 is 11.6 Å². The lowest BCUT2D eigenvalue weighted by molar-refractivity contribution is -0.387. The predicted octanol–water partition coefficient (Wildman–Crippen LogP) is 3.78. The van der Waals surface area contributed by atoms with Crippen LogP contribution in [0.4, 0.5) is 14.5 Å². The van der Waals surface area contributed by atoms with E-state index in [1.165, 1.54) is 18.2 Å². The number of nitro groups is 1. The molecule has 21 heavy (non-hydrogen) atoms. The minimum Gasteiger partial charge on any atom is -0.454 e. The molecule has 0 aliphatic rings. The molecule has 0 atom stereocenters. The van der Waals surface area contributed by atoms with E-state index in [4.69, 9.17) is 22.1 Å². The Hall–Kier alpha value is -2.25. The van der Waals surface area contributed by atoms with E-state index in [0.29, 0.717) is 22.7 Å². The normalized spacial score (nSPS) is 10.5. The maximum absolute atomic E-state index is 13.7. The third-order valence-corrected chi connectivity index (χ3v) is 2.90. The molecule has 2 aromatic carbocycles. The zero-order valence-corrected chi connectivity index (χ0v) is 11.2. The van der Waals surface area contributed by atoms with Crippen molar-refractivity contribution in [3.63, 3.8) is 0 Å². The van der Waals surface area contributed by atoms with Crippen molar-refractivity contribution in [2.75, 3.05) is 0 Å². The van der Waals surface area contributed by atoms with E-state index in [2.05, 4.69) is 0 Å². The van der Waals surface area contributed by atoms with Gasteiger partial charge in [-0.2, -0.15) is 4.39 Å². The van der Waals surface area contributed by atoms with Gasteiger partial charge in [0.1, 0.15) is 5.75 Å². The summed E-state index contributed by atoms with van der Waals surface area (Å²) in [5.41, 5.74) is 5.03. The standard InChI is InChI=1S/C13H9ClF2N2O3/c14-8-1-2-12(7(3-8)6-17)21-13-5-9(15)11(18(19)20)4-10(13)16/h1-5H,6,17H2. The first-order valence-corrected chi connectivity index (χ1v) is 6.10. The van der Waals surface area contributed by atoms with E-state index in [-0.39, 0.29) is 12.3 Å². The Morgan fingerprint density at radius 2 is 1.90 bits per heavy atom. The minimum atomic E-state index is -1.19. The van der Waals surface area contributed by atoms with Gasteiger partial charge in [0.2, 0.25) is 5.82 Å². The monoisotopic (exact) mass is 314 g/mol. The molecule has 2 N–H and O–H groups in total. The second-order valence-electron chi connectivity index (χ2n) is 4.05. The van der Waals surface area contributed by atoms with Crippen LogP contribution in [0, 0.1) is 21.7 Å². The highest BCUT2D eigenvalue weighted by Crippen LogP contribution is 2.32. The Balaban J connectivity index is 2.41. The van der Waals surface area contributed by atoms with Crippen LogP contribution in [0.15, 0.2) is 30.3 Å². The van der Waals surface area contributed by atoms with Gasteiger partial charge in [-0.25, -0.2) is 4.39 Å². The summed E-state index contributed by atoms with van der Waals surface area (Å²) in [5.74, 6) is -2.54. The molecule has 0 aliphatic heterocycles. The van der Waals surface area contributed by atoms with Crippen LogP contribution in [0.3, 0.4) is 0 Å². The van der Waals surface area contributed by atoms with Gasteiger partial charge in [0.25, 0.3) is 0 Å². The van der Waals surface area contributed by atoms with E-state index < -0.39 is 28.0 Å². The van der Waals surface area contributed by atoms with E-state index in [0.717, 1.165) is 0 Å². The summed E-state index contributed by atoms with van der Waals surface area (Å²) in [7, 11) is 0. The highest BCUT2D eigenvalue weighted by Gasteiger charge is 2.20. The van der Waals surface area contributed by atoms with Crippen molar-refractivity contribution in [2.45, 2.75) is 6.54 Å². The lowest BCUT2D eigenvalue weighted by atomic mass is 10.2. The molecule has 0 aliphatic carbocycles. The van der Waals surface area contributed by atoms with Gasteiger partial charge in [0.15, 0.2) is 11.6 Å². The number of nitro benzene ring substituents is 1. The largest absolute Gasteiger partial charge is 0.454 e. The fraction of sp³-hybridized carbons (Fsp3) is 0.0769. The topological polar surface area (TPSA) is 78.4 Å². The molecular weight excluding hydrogens is 306 g/mol. The molecule has 0 saturated carbocycles. The van der Waals surface area contributed by atoms with Crippen molar-refractivity contribution in [1.29, 1.82) is 0 Å². The third-order valence-electron chi connectivity index (χ3n) is 2.66. The molecule has 5 nitrogen and oxygen atoms in total. The first-order valence-electron chi connectivity index (χ1n) is 5.72. The van der Waals surface area contributed by atoms with E-state index >= 15 is 0 Å². The van der Waals surface area contributed by atoms with Crippen molar-refractivity contribution in [3.05, 3.63) is 62.7 Å². The minimum absolute atomic E-state index is 0.0764. The summed E-state index contributed by atoms with van der Waals surface area (Å²) in [6.45, 7) is 0.0764. The molecule has 2 aromatic rings. The van der Waals surface area contributed by atoms with Crippen LogP contribution < -0.4 is 10.5 Å². The average molecular weight is 315 g/mol. The molecule has 0 amide bonds. The van der Waals surface area contributed by atoms with E-state index in [9.17, 15) is 18.9 Å². The lowest BCUT2D eigenvalue weighted by Crippen LogP contribution is -2.01. The summed E-state index contributed by atoms with van der Waals surface area (Å²) in [6, 6.07) is 5.54. The number of rotatable bonds is 4. The van der Waals surface area contributed by atoms with Crippen LogP contribution in [-0.4, -0.2) is 4.92 Å². The zero-order valence-electron chi connectivity index (χ0n) is 10.5. The van der Waals surface area contributed by atoms with Gasteiger partial charge in [-0.05, 0) is 18.2 Å². The van der Waals surface area contributed by atoms with Crippen molar-refractivity contribution in [2.24, 2.45) is 5.73 Å². The molecule has 0 aromatic heterocycles. The summed E-state index contributed by atoms with van der Waals surface area (Å²) in [4.78, 5) is 9.49. The molecule has 0 heterocycles. The first kappa shape index (κ1) is 15.1. The molecule has 0 fully saturated rings. The smallest absolute Gasteiger partial charge is 0.307 e. The van der Waals surface area contributed by atoms with Crippen molar-refractivity contribution in [1.82, 2.24) is 0 Å². The molecule has 0 unspecified atom stereocenters. The number of halogens is 3. The molecule has 0 saturated heterocycles. The third kappa shape index (κ3) is 3.26. The number of nitrogens with two attached hydrogens (primary N) is 1. The number of nitrogens with zero attached hydrogens (tertiary/aromatic N) is 1. The number of hydrogen-bond donors (Lipinski definition) is 1. The molecule has 0 radical (unpaired) electrons. The Labute approximate surface area is 123 Å². The van der Waals surface area contributed by atoms with Gasteiger partial charge in [-0.1, -0.05) is 11.6 Å². The van der Waals surface area contributed by atoms with Gasteiger partial charge in [-0.15, -0.1) is 0 Å². The number of ether oxygens (including phenoxy) is 1. The lowest BCUT2D eigenvalue weighted by Gasteiger charge is -2.11. The molecule has 0 bridgehead atoms. The summed E-state index contributed by atoms with van der Waals surface area (Å²) >= 11 is 5.79. The number of benzene rings is 2. The Morgan fingerprint density at radius 3 is 2.52 bits per heavy atom. The van der Waals surface area contributed by atoms with Crippen LogP contribution in [0.2, 0.25) is 5.02 Å². The van der Waals surface area contributed by atoms with Gasteiger partial charge in [0, 0.05) is 23.2 Å². The summed E-state index contributed by atoms with van der Waals surface area (Å²) in [5, 5.41) is 10.9. The van der Waals surface area contributed by atoms with Crippen LogP contribution in [-0.2, 0) is 6.54 Å². The molecular formula is C13H9ClF2N2O3. The van der Waals surface area contributed by atoms with Crippen molar-refractivity contribution in [3.8, 4) is 11.5 Å². The summed E-state index contributed by atoms with van der Waals surface area (Å²) in [6.07, 6.45) is 0. The van der Waals surface area contributed by atoms with E-state index in [1.807, 2.05) is 0 Å². The molecule has 110 valence electrons. The van der Waals surface area contributed by atoms with Crippen LogP contribution in [0.25, 0.3) is 0 Å². The maximum Gasteiger partial charge on any atom is 0.307 e. The summed E-state index contributed by atoms with van der Waals surface area (Å²) < 4.78 is 32.5. The molecule has 0 spiro atoms. The SMILES string of the molecule is NCc1cc(Cl)ccc1Oc1cc(F)c([N+](=O)[O-])cc1F. The highest BCUT2D eigenvalue weighted by molar-refractivity contribution is 6.30. The zero-order chi connectivity index (χ0) is 15.6. The fourth-order valence-electron chi connectivity index (χ4n) is 1.66. The Bertz CT molecular complexity index is 710. The van der Waals surface area contributed by atoms with Gasteiger partial charge >= 0.3 is 5.69 Å². The quantitative estimate of drug-likeness (QED) is 0.688. The van der Waals surface area contributed by atoms with Crippen molar-refractivity contribution < 1.29 is 18.4 Å². The van der Waals surface area contributed by atoms with Crippen LogP contribution in [0.5, 0.6) is 11.5 Å². The number of hydrogen-bond acceptors (Lipinski definition) is 4. The Kier molecular flexibility index (Phi) is 4.35. The Morgan fingerprint density at radius 1 is 1.19 bits per heavy atom. The maximum atomic E-state index is 13.7.